The second-order valence-corrected chi connectivity index (χ2v) is 9.04. The average molecular weight is 388 g/mol. The highest BCUT2D eigenvalue weighted by atomic mass is 32.2. The lowest BCUT2D eigenvalue weighted by molar-refractivity contribution is -0.122. The second kappa shape index (κ2) is 7.44. The van der Waals surface area contributed by atoms with Crippen molar-refractivity contribution in [1.82, 2.24) is 19.8 Å². The van der Waals surface area contributed by atoms with Gasteiger partial charge in [-0.1, -0.05) is 18.9 Å². The van der Waals surface area contributed by atoms with E-state index in [0.29, 0.717) is 0 Å². The number of amides is 1. The van der Waals surface area contributed by atoms with Crippen LogP contribution in [0.25, 0.3) is 0 Å². The zero-order valence-corrected chi connectivity index (χ0v) is 15.9. The van der Waals surface area contributed by atoms with Gasteiger partial charge in [-0.05, 0) is 55.0 Å². The van der Waals surface area contributed by atoms with Gasteiger partial charge < -0.3 is 5.32 Å². The van der Waals surface area contributed by atoms with E-state index in [1.807, 2.05) is 6.07 Å². The van der Waals surface area contributed by atoms with E-state index in [1.165, 1.54) is 0 Å². The minimum Gasteiger partial charge on any atom is -0.348 e. The third kappa shape index (κ3) is 4.06. The van der Waals surface area contributed by atoms with Crippen LogP contribution in [-0.4, -0.2) is 30.1 Å². The number of rotatable bonds is 6. The molecule has 2 aromatic rings. The normalized spacial score (nSPS) is 19.9. The molecular formula is C19H24N4O3S. The van der Waals surface area contributed by atoms with E-state index >= 15 is 0 Å². The number of hydrogen-bond acceptors (Lipinski definition) is 4. The number of nitrogens with one attached hydrogen (secondary N) is 2. The first-order valence-electron chi connectivity index (χ1n) is 9.43. The molecule has 1 atom stereocenters. The summed E-state index contributed by atoms with van der Waals surface area (Å²) >= 11 is 0. The predicted molar refractivity (Wildman–Crippen MR) is 100 cm³/mol. The summed E-state index contributed by atoms with van der Waals surface area (Å²) in [5.41, 5.74) is 2.00. The summed E-state index contributed by atoms with van der Waals surface area (Å²) in [5.74, 6) is -0.131. The number of sulfonamides is 1. The Morgan fingerprint density at radius 1 is 1.22 bits per heavy atom. The van der Waals surface area contributed by atoms with Crippen molar-refractivity contribution in [3.05, 3.63) is 47.8 Å². The van der Waals surface area contributed by atoms with Crippen LogP contribution in [0.1, 0.15) is 49.3 Å². The zero-order chi connectivity index (χ0) is 18.9. The van der Waals surface area contributed by atoms with Crippen LogP contribution in [0.5, 0.6) is 0 Å². The van der Waals surface area contributed by atoms with Crippen molar-refractivity contribution < 1.29 is 13.2 Å². The minimum absolute atomic E-state index is 0.0350. The molecule has 1 aromatic heterocycles. The van der Waals surface area contributed by atoms with Gasteiger partial charge in [0.25, 0.3) is 0 Å². The van der Waals surface area contributed by atoms with Crippen LogP contribution in [0.15, 0.2) is 41.6 Å². The van der Waals surface area contributed by atoms with Crippen molar-refractivity contribution in [3.63, 3.8) is 0 Å². The molecule has 2 N–H and O–H groups in total. The van der Waals surface area contributed by atoms with Crippen LogP contribution < -0.4 is 10.0 Å². The van der Waals surface area contributed by atoms with Crippen LogP contribution >= 0.6 is 0 Å². The lowest BCUT2D eigenvalue weighted by Crippen LogP contribution is -2.33. The standard InChI is InChI=1S/C19H24N4O3S/c24-19(13-23-11-3-10-20-23)21-18-9-7-14-6-8-16(12-17(14)18)27(25,26)22-15-4-1-2-5-15/h3,6,8,10-12,15,18,22H,1-2,4-5,7,9,13H2,(H,21,24)/t18-/m0/s1. The van der Waals surface area contributed by atoms with E-state index < -0.39 is 10.0 Å². The molecule has 0 aliphatic heterocycles. The number of hydrogen-bond donors (Lipinski definition) is 2. The lowest BCUT2D eigenvalue weighted by atomic mass is 10.1. The Kier molecular flexibility index (Phi) is 5.01. The van der Waals surface area contributed by atoms with E-state index in [0.717, 1.165) is 49.7 Å². The summed E-state index contributed by atoms with van der Waals surface area (Å²) in [5, 5.41) is 7.05. The molecule has 27 heavy (non-hydrogen) atoms. The van der Waals surface area contributed by atoms with E-state index in [9.17, 15) is 13.2 Å². The minimum atomic E-state index is -3.54. The summed E-state index contributed by atoms with van der Waals surface area (Å²) in [6, 6.07) is 6.91. The highest BCUT2D eigenvalue weighted by Gasteiger charge is 2.28. The maximum atomic E-state index is 12.7. The molecule has 1 fully saturated rings. The third-order valence-corrected chi connectivity index (χ3v) is 6.90. The molecule has 144 valence electrons. The number of carbonyl (C=O) groups is 1. The maximum absolute atomic E-state index is 12.7. The Hall–Kier alpha value is -2.19. The second-order valence-electron chi connectivity index (χ2n) is 7.33. The first kappa shape index (κ1) is 18.2. The van der Waals surface area contributed by atoms with E-state index in [4.69, 9.17) is 0 Å². The molecule has 1 aromatic carbocycles. The summed E-state index contributed by atoms with van der Waals surface area (Å²) in [7, 11) is -3.54. The predicted octanol–water partition coefficient (Wildman–Crippen LogP) is 1.91. The first-order chi connectivity index (χ1) is 13.0. The molecule has 7 nitrogen and oxygen atoms in total. The molecule has 0 bridgehead atoms. The molecule has 0 saturated heterocycles. The molecule has 0 radical (unpaired) electrons. The van der Waals surface area contributed by atoms with Gasteiger partial charge in [0.2, 0.25) is 15.9 Å². The van der Waals surface area contributed by atoms with Crippen molar-refractivity contribution in [2.24, 2.45) is 0 Å². The van der Waals surface area contributed by atoms with Crippen molar-refractivity contribution in [3.8, 4) is 0 Å². The fourth-order valence-corrected chi connectivity index (χ4v) is 5.35. The number of fused-ring (bicyclic) bond motifs is 1. The smallest absolute Gasteiger partial charge is 0.242 e. The Bertz CT molecular complexity index is 918. The van der Waals surface area contributed by atoms with E-state index in [2.05, 4.69) is 15.1 Å². The van der Waals surface area contributed by atoms with Gasteiger partial charge in [-0.15, -0.1) is 0 Å². The van der Waals surface area contributed by atoms with Gasteiger partial charge in [-0.2, -0.15) is 5.10 Å². The van der Waals surface area contributed by atoms with Gasteiger partial charge in [0.1, 0.15) is 6.54 Å². The summed E-state index contributed by atoms with van der Waals surface area (Å²) in [6.45, 7) is 0.153. The molecule has 2 aliphatic carbocycles. The summed E-state index contributed by atoms with van der Waals surface area (Å²) in [6.07, 6.45) is 8.92. The highest BCUT2D eigenvalue weighted by Crippen LogP contribution is 2.33. The van der Waals surface area contributed by atoms with Crippen LogP contribution in [0.2, 0.25) is 0 Å². The summed E-state index contributed by atoms with van der Waals surface area (Å²) < 4.78 is 29.8. The maximum Gasteiger partial charge on any atom is 0.242 e. The highest BCUT2D eigenvalue weighted by molar-refractivity contribution is 7.89. The monoisotopic (exact) mass is 388 g/mol. The molecule has 0 unspecified atom stereocenters. The largest absolute Gasteiger partial charge is 0.348 e. The van der Waals surface area contributed by atoms with Crippen LogP contribution in [0.4, 0.5) is 0 Å². The van der Waals surface area contributed by atoms with Gasteiger partial charge in [-0.3, -0.25) is 9.48 Å². The van der Waals surface area contributed by atoms with E-state index in [1.54, 1.807) is 35.3 Å². The first-order valence-corrected chi connectivity index (χ1v) is 10.9. The lowest BCUT2D eigenvalue weighted by Gasteiger charge is -2.16. The van der Waals surface area contributed by atoms with Crippen molar-refractivity contribution >= 4 is 15.9 Å². The molecule has 2 aliphatic rings. The Morgan fingerprint density at radius 2 is 2.04 bits per heavy atom. The number of nitrogens with zero attached hydrogens (tertiary/aromatic N) is 2. The van der Waals surface area contributed by atoms with Gasteiger partial charge in [0, 0.05) is 18.4 Å². The van der Waals surface area contributed by atoms with Crippen LogP contribution in [-0.2, 0) is 27.8 Å². The zero-order valence-electron chi connectivity index (χ0n) is 15.1. The fourth-order valence-electron chi connectivity index (χ4n) is 4.01. The van der Waals surface area contributed by atoms with E-state index in [-0.39, 0.29) is 29.4 Å². The topological polar surface area (TPSA) is 93.1 Å². The number of aryl methyl sites for hydroxylation is 1. The van der Waals surface area contributed by atoms with Gasteiger partial charge in [0.05, 0.1) is 10.9 Å². The van der Waals surface area contributed by atoms with Crippen LogP contribution in [0.3, 0.4) is 0 Å². The average Bonchev–Trinajstić information content (AvgIpc) is 3.37. The van der Waals surface area contributed by atoms with Gasteiger partial charge in [-0.25, -0.2) is 13.1 Å². The fraction of sp³-hybridized carbons (Fsp3) is 0.474. The van der Waals surface area contributed by atoms with Crippen LogP contribution in [0, 0.1) is 0 Å². The molecule has 4 rings (SSSR count). The molecule has 1 heterocycles. The number of benzene rings is 1. The van der Waals surface area contributed by atoms with Crippen molar-refractivity contribution in [2.75, 3.05) is 0 Å². The Labute approximate surface area is 159 Å². The van der Waals surface area contributed by atoms with Crippen molar-refractivity contribution in [1.29, 1.82) is 0 Å². The summed E-state index contributed by atoms with van der Waals surface area (Å²) in [4.78, 5) is 12.6. The Morgan fingerprint density at radius 3 is 2.78 bits per heavy atom. The van der Waals surface area contributed by atoms with Crippen molar-refractivity contribution in [2.45, 2.75) is 62.0 Å². The SMILES string of the molecule is O=C(Cn1cccn1)N[C@H]1CCc2ccc(S(=O)(=O)NC3CCCC3)cc21. The number of carbonyl (C=O) groups excluding carboxylic acids is 1. The quantitative estimate of drug-likeness (QED) is 0.791. The van der Waals surface area contributed by atoms with Gasteiger partial charge in [0.15, 0.2) is 0 Å². The molecule has 0 spiro atoms. The molecule has 8 heteroatoms. The van der Waals surface area contributed by atoms with Gasteiger partial charge >= 0.3 is 0 Å². The molecule has 1 amide bonds. The molecule has 1 saturated carbocycles. The number of aromatic nitrogens is 2. The third-order valence-electron chi connectivity index (χ3n) is 5.38. The Balaban J connectivity index is 1.49. The molecular weight excluding hydrogens is 364 g/mol.